The highest BCUT2D eigenvalue weighted by molar-refractivity contribution is 5.66. The van der Waals surface area contributed by atoms with Crippen LogP contribution >= 0.6 is 0 Å². The predicted molar refractivity (Wildman–Crippen MR) is 63.8 cm³/mol. The van der Waals surface area contributed by atoms with Crippen LogP contribution in [0.25, 0.3) is 0 Å². The SMILES string of the molecule is CN(C)C(=O)OCC1CC[C@@]2(CO)CCCN12. The molecule has 1 amide bonds. The van der Waals surface area contributed by atoms with Gasteiger partial charge in [0.2, 0.25) is 0 Å². The van der Waals surface area contributed by atoms with Gasteiger partial charge in [0.05, 0.1) is 6.61 Å². The van der Waals surface area contributed by atoms with Gasteiger partial charge in [-0.1, -0.05) is 0 Å². The summed E-state index contributed by atoms with van der Waals surface area (Å²) >= 11 is 0. The van der Waals surface area contributed by atoms with E-state index in [1.165, 1.54) is 4.90 Å². The van der Waals surface area contributed by atoms with Crippen LogP contribution in [0.1, 0.15) is 25.7 Å². The maximum Gasteiger partial charge on any atom is 0.409 e. The van der Waals surface area contributed by atoms with Crippen molar-refractivity contribution in [2.24, 2.45) is 0 Å². The second-order valence-corrected chi connectivity index (χ2v) is 5.34. The minimum atomic E-state index is -0.286. The van der Waals surface area contributed by atoms with Gasteiger partial charge in [0.25, 0.3) is 0 Å². The van der Waals surface area contributed by atoms with Crippen LogP contribution in [-0.4, -0.2) is 66.4 Å². The zero-order chi connectivity index (χ0) is 12.5. The topological polar surface area (TPSA) is 53.0 Å². The van der Waals surface area contributed by atoms with Gasteiger partial charge in [-0.3, -0.25) is 4.90 Å². The Balaban J connectivity index is 1.89. The number of aliphatic hydroxyl groups is 1. The van der Waals surface area contributed by atoms with Crippen LogP contribution in [-0.2, 0) is 4.74 Å². The summed E-state index contributed by atoms with van der Waals surface area (Å²) in [6, 6.07) is 0.286. The average molecular weight is 242 g/mol. The first-order valence-corrected chi connectivity index (χ1v) is 6.31. The van der Waals surface area contributed by atoms with Gasteiger partial charge in [0, 0.05) is 25.7 Å². The number of hydrogen-bond donors (Lipinski definition) is 1. The van der Waals surface area contributed by atoms with Crippen molar-refractivity contribution in [1.82, 2.24) is 9.80 Å². The van der Waals surface area contributed by atoms with Gasteiger partial charge in [0.15, 0.2) is 0 Å². The van der Waals surface area contributed by atoms with E-state index in [2.05, 4.69) is 4.90 Å². The molecule has 1 N–H and O–H groups in total. The van der Waals surface area contributed by atoms with E-state index < -0.39 is 0 Å². The number of ether oxygens (including phenoxy) is 1. The van der Waals surface area contributed by atoms with E-state index >= 15 is 0 Å². The molecule has 17 heavy (non-hydrogen) atoms. The van der Waals surface area contributed by atoms with Crippen LogP contribution in [0.2, 0.25) is 0 Å². The number of amides is 1. The smallest absolute Gasteiger partial charge is 0.409 e. The van der Waals surface area contributed by atoms with Crippen LogP contribution in [0, 0.1) is 0 Å². The standard InChI is InChI=1S/C12H22N2O3/c1-13(2)11(16)17-8-10-4-6-12(9-15)5-3-7-14(10)12/h10,15H,3-9H2,1-2H3/t10?,12-/m1/s1. The van der Waals surface area contributed by atoms with Gasteiger partial charge in [-0.15, -0.1) is 0 Å². The average Bonchev–Trinajstić information content (AvgIpc) is 2.84. The fraction of sp³-hybridized carbons (Fsp3) is 0.917. The normalized spacial score (nSPS) is 32.5. The van der Waals surface area contributed by atoms with Gasteiger partial charge < -0.3 is 14.7 Å². The summed E-state index contributed by atoms with van der Waals surface area (Å²) < 4.78 is 5.25. The molecular formula is C12H22N2O3. The van der Waals surface area contributed by atoms with Gasteiger partial charge in [-0.2, -0.15) is 0 Å². The minimum Gasteiger partial charge on any atom is -0.448 e. The summed E-state index contributed by atoms with van der Waals surface area (Å²) in [5, 5.41) is 9.55. The van der Waals surface area contributed by atoms with Crippen LogP contribution in [0.4, 0.5) is 4.79 Å². The highest BCUT2D eigenvalue weighted by Gasteiger charge is 2.48. The number of rotatable bonds is 3. The maximum atomic E-state index is 11.4. The van der Waals surface area contributed by atoms with E-state index in [4.69, 9.17) is 4.74 Å². The Labute approximate surface area is 102 Å². The fourth-order valence-electron chi connectivity index (χ4n) is 3.11. The Bertz CT molecular complexity index is 295. The van der Waals surface area contributed by atoms with E-state index in [9.17, 15) is 9.90 Å². The summed E-state index contributed by atoms with van der Waals surface area (Å²) in [7, 11) is 3.37. The Hall–Kier alpha value is -0.810. The Kier molecular flexibility index (Phi) is 3.58. The molecule has 1 unspecified atom stereocenters. The van der Waals surface area contributed by atoms with E-state index in [0.29, 0.717) is 6.61 Å². The lowest BCUT2D eigenvalue weighted by atomic mass is 9.95. The molecule has 0 bridgehead atoms. The lowest BCUT2D eigenvalue weighted by molar-refractivity contribution is 0.0447. The summed E-state index contributed by atoms with van der Waals surface area (Å²) in [6.07, 6.45) is 3.96. The lowest BCUT2D eigenvalue weighted by Crippen LogP contribution is -2.46. The fourth-order valence-corrected chi connectivity index (χ4v) is 3.11. The van der Waals surface area contributed by atoms with E-state index in [1.807, 2.05) is 0 Å². The molecular weight excluding hydrogens is 220 g/mol. The quantitative estimate of drug-likeness (QED) is 0.790. The second kappa shape index (κ2) is 4.82. The van der Waals surface area contributed by atoms with Crippen molar-refractivity contribution in [3.63, 3.8) is 0 Å². The molecule has 2 atom stereocenters. The molecule has 0 aliphatic carbocycles. The first-order valence-electron chi connectivity index (χ1n) is 6.31. The number of nitrogens with zero attached hydrogens (tertiary/aromatic N) is 2. The van der Waals surface area contributed by atoms with E-state index in [-0.39, 0.29) is 24.3 Å². The molecule has 2 saturated heterocycles. The molecule has 0 aromatic rings. The van der Waals surface area contributed by atoms with Crippen LogP contribution in [0.3, 0.4) is 0 Å². The van der Waals surface area contributed by atoms with E-state index in [0.717, 1.165) is 32.2 Å². The van der Waals surface area contributed by atoms with Crippen LogP contribution < -0.4 is 0 Å². The summed E-state index contributed by atoms with van der Waals surface area (Å²) in [5.74, 6) is 0. The van der Waals surface area contributed by atoms with Crippen molar-refractivity contribution in [3.8, 4) is 0 Å². The van der Waals surface area contributed by atoms with Crippen molar-refractivity contribution < 1.29 is 14.6 Å². The summed E-state index contributed by atoms with van der Waals surface area (Å²) in [6.45, 7) is 1.69. The molecule has 2 heterocycles. The molecule has 98 valence electrons. The molecule has 0 aromatic carbocycles. The van der Waals surface area contributed by atoms with E-state index in [1.54, 1.807) is 14.1 Å². The Morgan fingerprint density at radius 2 is 2.29 bits per heavy atom. The molecule has 0 aromatic heterocycles. The monoisotopic (exact) mass is 242 g/mol. The third kappa shape index (κ3) is 2.26. The molecule has 2 aliphatic heterocycles. The number of carbonyl (C=O) groups excluding carboxylic acids is 1. The minimum absolute atomic E-state index is 0.0187. The Morgan fingerprint density at radius 3 is 2.94 bits per heavy atom. The van der Waals surface area contributed by atoms with Gasteiger partial charge in [-0.25, -0.2) is 4.79 Å². The number of fused-ring (bicyclic) bond motifs is 1. The highest BCUT2D eigenvalue weighted by atomic mass is 16.6. The molecule has 5 heteroatoms. The van der Waals surface area contributed by atoms with Crippen molar-refractivity contribution in [3.05, 3.63) is 0 Å². The lowest BCUT2D eigenvalue weighted by Gasteiger charge is -2.33. The third-order valence-electron chi connectivity index (χ3n) is 4.09. The Morgan fingerprint density at radius 1 is 1.53 bits per heavy atom. The number of aliphatic hydroxyl groups excluding tert-OH is 1. The summed E-state index contributed by atoms with van der Waals surface area (Å²) in [4.78, 5) is 15.2. The first-order chi connectivity index (χ1) is 8.09. The molecule has 0 radical (unpaired) electrons. The second-order valence-electron chi connectivity index (χ2n) is 5.34. The van der Waals surface area contributed by atoms with Gasteiger partial charge in [-0.05, 0) is 32.2 Å². The van der Waals surface area contributed by atoms with Gasteiger partial charge in [0.1, 0.15) is 6.61 Å². The third-order valence-corrected chi connectivity index (χ3v) is 4.09. The highest BCUT2D eigenvalue weighted by Crippen LogP contribution is 2.41. The zero-order valence-electron chi connectivity index (χ0n) is 10.7. The van der Waals surface area contributed by atoms with Crippen LogP contribution in [0.15, 0.2) is 0 Å². The molecule has 2 fully saturated rings. The molecule has 0 spiro atoms. The van der Waals surface area contributed by atoms with Crippen molar-refractivity contribution in [2.75, 3.05) is 33.9 Å². The largest absolute Gasteiger partial charge is 0.448 e. The molecule has 2 rings (SSSR count). The van der Waals surface area contributed by atoms with Gasteiger partial charge >= 0.3 is 6.09 Å². The maximum absolute atomic E-state index is 11.4. The van der Waals surface area contributed by atoms with Crippen molar-refractivity contribution >= 4 is 6.09 Å². The first kappa shape index (κ1) is 12.6. The van der Waals surface area contributed by atoms with Crippen LogP contribution in [0.5, 0.6) is 0 Å². The van der Waals surface area contributed by atoms with Crippen molar-refractivity contribution in [1.29, 1.82) is 0 Å². The zero-order valence-corrected chi connectivity index (χ0v) is 10.7. The number of hydrogen-bond acceptors (Lipinski definition) is 4. The van der Waals surface area contributed by atoms with Crippen molar-refractivity contribution in [2.45, 2.75) is 37.3 Å². The summed E-state index contributed by atoms with van der Waals surface area (Å²) in [5.41, 5.74) is -0.0187. The molecule has 5 nitrogen and oxygen atoms in total. The molecule has 0 saturated carbocycles. The predicted octanol–water partition coefficient (Wildman–Crippen LogP) is 0.674. The molecule has 2 aliphatic rings. The number of carbonyl (C=O) groups is 1.